The smallest absolute Gasteiger partial charge is 0.135 e. The topological polar surface area (TPSA) is 17.1 Å². The van der Waals surface area contributed by atoms with Gasteiger partial charge in [-0.1, -0.05) is 36.0 Å². The molecule has 0 aliphatic heterocycles. The number of ketones is 1. The van der Waals surface area contributed by atoms with Crippen LogP contribution in [0.2, 0.25) is 0 Å². The summed E-state index contributed by atoms with van der Waals surface area (Å²) in [6, 6.07) is 10.3. The molecule has 0 radical (unpaired) electrons. The molecule has 0 aromatic heterocycles. The number of allylic oxidation sites excluding steroid dienone is 1. The van der Waals surface area contributed by atoms with Gasteiger partial charge in [0.15, 0.2) is 0 Å². The lowest BCUT2D eigenvalue weighted by Crippen LogP contribution is -2.04. The van der Waals surface area contributed by atoms with Crippen LogP contribution in [0.15, 0.2) is 46.7 Å². The summed E-state index contributed by atoms with van der Waals surface area (Å²) in [4.78, 5) is 12.7. The summed E-state index contributed by atoms with van der Waals surface area (Å²) in [6.07, 6.45) is 7.27. The number of carbonyl (C=O) groups is 1. The molecule has 0 bridgehead atoms. The molecule has 0 amide bonds. The molecule has 1 aliphatic carbocycles. The van der Waals surface area contributed by atoms with Crippen molar-refractivity contribution in [2.75, 3.05) is 0 Å². The normalized spacial score (nSPS) is 20.2. The second-order valence-electron chi connectivity index (χ2n) is 4.44. The van der Waals surface area contributed by atoms with Crippen LogP contribution in [0.4, 0.5) is 0 Å². The molecule has 2 rings (SSSR count). The molecule has 1 nitrogen and oxygen atoms in total. The van der Waals surface area contributed by atoms with Crippen molar-refractivity contribution in [1.82, 2.24) is 0 Å². The van der Waals surface area contributed by atoms with E-state index in [0.29, 0.717) is 11.7 Å². The molecule has 2 heteroatoms. The Bertz CT molecular complexity index is 383. The third kappa shape index (κ3) is 4.04. The van der Waals surface area contributed by atoms with Crippen molar-refractivity contribution < 1.29 is 4.79 Å². The Labute approximate surface area is 107 Å². The second kappa shape index (κ2) is 6.65. The van der Waals surface area contributed by atoms with E-state index in [2.05, 4.69) is 23.6 Å². The first-order valence-electron chi connectivity index (χ1n) is 6.25. The molecule has 17 heavy (non-hydrogen) atoms. The maximum absolute atomic E-state index is 11.4. The third-order valence-electron chi connectivity index (χ3n) is 3.16. The van der Waals surface area contributed by atoms with E-state index in [-0.39, 0.29) is 0 Å². The molecule has 1 unspecified atom stereocenters. The SMILES string of the molecule is O=C1CCCC1CC/C=C\Sc1ccccc1. The number of benzene rings is 1. The molecule has 1 fully saturated rings. The molecule has 1 saturated carbocycles. The van der Waals surface area contributed by atoms with Crippen molar-refractivity contribution in [3.8, 4) is 0 Å². The van der Waals surface area contributed by atoms with Crippen molar-refractivity contribution in [1.29, 1.82) is 0 Å². The molecule has 1 aromatic rings. The number of hydrogen-bond acceptors (Lipinski definition) is 2. The Hall–Kier alpha value is -1.02. The highest BCUT2D eigenvalue weighted by molar-refractivity contribution is 8.02. The predicted molar refractivity (Wildman–Crippen MR) is 73.0 cm³/mol. The standard InChI is InChI=1S/C15H18OS/c16-15-11-6-8-13(15)7-4-5-12-17-14-9-2-1-3-10-14/h1-3,5,9-10,12-13H,4,6-8,11H2/b12-5-. The summed E-state index contributed by atoms with van der Waals surface area (Å²) in [5, 5.41) is 2.13. The monoisotopic (exact) mass is 246 g/mol. The second-order valence-corrected chi connectivity index (χ2v) is 5.41. The molecule has 1 aromatic carbocycles. The Kier molecular flexibility index (Phi) is 4.87. The van der Waals surface area contributed by atoms with Crippen LogP contribution < -0.4 is 0 Å². The van der Waals surface area contributed by atoms with E-state index in [9.17, 15) is 4.79 Å². The van der Waals surface area contributed by atoms with E-state index in [1.54, 1.807) is 11.8 Å². The maximum Gasteiger partial charge on any atom is 0.135 e. The minimum atomic E-state index is 0.348. The van der Waals surface area contributed by atoms with Gasteiger partial charge in [-0.15, -0.1) is 0 Å². The lowest BCUT2D eigenvalue weighted by atomic mass is 10.0. The fraction of sp³-hybridized carbons (Fsp3) is 0.400. The van der Waals surface area contributed by atoms with Crippen LogP contribution in [0, 0.1) is 5.92 Å². The first-order chi connectivity index (χ1) is 8.36. The Morgan fingerprint density at radius 1 is 1.29 bits per heavy atom. The highest BCUT2D eigenvalue weighted by Crippen LogP contribution is 2.26. The summed E-state index contributed by atoms with van der Waals surface area (Å²) in [7, 11) is 0. The van der Waals surface area contributed by atoms with Gasteiger partial charge in [0.05, 0.1) is 0 Å². The zero-order valence-electron chi connectivity index (χ0n) is 9.97. The van der Waals surface area contributed by atoms with Gasteiger partial charge in [-0.05, 0) is 43.2 Å². The van der Waals surface area contributed by atoms with Crippen molar-refractivity contribution in [2.24, 2.45) is 5.92 Å². The molecule has 0 saturated heterocycles. The van der Waals surface area contributed by atoms with Crippen molar-refractivity contribution in [3.05, 3.63) is 41.8 Å². The van der Waals surface area contributed by atoms with Gasteiger partial charge in [0.25, 0.3) is 0 Å². The van der Waals surface area contributed by atoms with E-state index in [0.717, 1.165) is 32.1 Å². The van der Waals surface area contributed by atoms with Crippen LogP contribution in [0.5, 0.6) is 0 Å². The summed E-state index contributed by atoms with van der Waals surface area (Å²) in [5.74, 6) is 0.829. The number of carbonyl (C=O) groups excluding carboxylic acids is 1. The molecule has 0 heterocycles. The minimum absolute atomic E-state index is 0.348. The van der Waals surface area contributed by atoms with Crippen LogP contribution >= 0.6 is 11.8 Å². The summed E-state index contributed by atoms with van der Waals surface area (Å²) < 4.78 is 0. The van der Waals surface area contributed by atoms with Gasteiger partial charge in [-0.25, -0.2) is 0 Å². The van der Waals surface area contributed by atoms with Gasteiger partial charge in [-0.2, -0.15) is 0 Å². The lowest BCUT2D eigenvalue weighted by Gasteiger charge is -2.03. The third-order valence-corrected chi connectivity index (χ3v) is 4.03. The predicted octanol–water partition coefficient (Wildman–Crippen LogP) is 4.44. The highest BCUT2D eigenvalue weighted by atomic mass is 32.2. The molecular weight excluding hydrogens is 228 g/mol. The molecule has 1 atom stereocenters. The van der Waals surface area contributed by atoms with Gasteiger partial charge < -0.3 is 0 Å². The van der Waals surface area contributed by atoms with E-state index < -0.39 is 0 Å². The average Bonchev–Trinajstić information content (AvgIpc) is 2.76. The fourth-order valence-corrected chi connectivity index (χ4v) is 2.89. The number of rotatable bonds is 5. The van der Waals surface area contributed by atoms with E-state index in [1.165, 1.54) is 4.90 Å². The van der Waals surface area contributed by atoms with Crippen molar-refractivity contribution >= 4 is 17.5 Å². The largest absolute Gasteiger partial charge is 0.299 e. The van der Waals surface area contributed by atoms with E-state index in [4.69, 9.17) is 0 Å². The van der Waals surface area contributed by atoms with Crippen molar-refractivity contribution in [3.63, 3.8) is 0 Å². The van der Waals surface area contributed by atoms with Crippen LogP contribution in [0.1, 0.15) is 32.1 Å². The van der Waals surface area contributed by atoms with Gasteiger partial charge in [0.2, 0.25) is 0 Å². The van der Waals surface area contributed by atoms with Gasteiger partial charge >= 0.3 is 0 Å². The minimum Gasteiger partial charge on any atom is -0.299 e. The Balaban J connectivity index is 1.67. The van der Waals surface area contributed by atoms with Crippen LogP contribution in [0.25, 0.3) is 0 Å². The molecule has 0 N–H and O–H groups in total. The highest BCUT2D eigenvalue weighted by Gasteiger charge is 2.22. The zero-order chi connectivity index (χ0) is 11.9. The van der Waals surface area contributed by atoms with Crippen LogP contribution in [-0.2, 0) is 4.79 Å². The maximum atomic E-state index is 11.4. The van der Waals surface area contributed by atoms with Gasteiger partial charge in [0.1, 0.15) is 5.78 Å². The summed E-state index contributed by atoms with van der Waals surface area (Å²) in [5.41, 5.74) is 0. The first kappa shape index (κ1) is 12.4. The molecule has 1 aliphatic rings. The van der Waals surface area contributed by atoms with Crippen LogP contribution in [-0.4, -0.2) is 5.78 Å². The van der Waals surface area contributed by atoms with Gasteiger partial charge in [0, 0.05) is 17.2 Å². The summed E-state index contributed by atoms with van der Waals surface area (Å²) in [6.45, 7) is 0. The van der Waals surface area contributed by atoms with E-state index >= 15 is 0 Å². The summed E-state index contributed by atoms with van der Waals surface area (Å²) >= 11 is 1.74. The number of Topliss-reactive ketones (excluding diaryl/α,β-unsaturated/α-hetero) is 1. The van der Waals surface area contributed by atoms with Crippen LogP contribution in [0.3, 0.4) is 0 Å². The zero-order valence-corrected chi connectivity index (χ0v) is 10.8. The fourth-order valence-electron chi connectivity index (χ4n) is 2.18. The number of hydrogen-bond donors (Lipinski definition) is 0. The molecule has 0 spiro atoms. The van der Waals surface area contributed by atoms with Gasteiger partial charge in [-0.3, -0.25) is 4.79 Å². The molecule has 90 valence electrons. The van der Waals surface area contributed by atoms with E-state index in [1.807, 2.05) is 18.2 Å². The number of thioether (sulfide) groups is 1. The molecular formula is C15H18OS. The quantitative estimate of drug-likeness (QED) is 0.714. The van der Waals surface area contributed by atoms with Crippen molar-refractivity contribution in [2.45, 2.75) is 37.0 Å². The average molecular weight is 246 g/mol. The Morgan fingerprint density at radius 3 is 2.82 bits per heavy atom. The Morgan fingerprint density at radius 2 is 2.12 bits per heavy atom. The lowest BCUT2D eigenvalue weighted by molar-refractivity contribution is -0.120. The first-order valence-corrected chi connectivity index (χ1v) is 7.13.